The lowest BCUT2D eigenvalue weighted by Gasteiger charge is -2.16. The second-order valence-electron chi connectivity index (χ2n) is 5.91. The van der Waals surface area contributed by atoms with Crippen LogP contribution in [0.3, 0.4) is 0 Å². The van der Waals surface area contributed by atoms with Crippen molar-refractivity contribution in [1.82, 2.24) is 0 Å². The number of alkyl halides is 3. The van der Waals surface area contributed by atoms with E-state index in [1.165, 1.54) is 12.1 Å². The molecule has 0 amide bonds. The fourth-order valence-corrected chi connectivity index (χ4v) is 3.85. The van der Waals surface area contributed by atoms with Gasteiger partial charge in [-0.2, -0.15) is 13.2 Å². The van der Waals surface area contributed by atoms with E-state index in [1.54, 1.807) is 26.0 Å². The fraction of sp³-hybridized carbons (Fsp3) is 0.211. The Morgan fingerprint density at radius 2 is 1.52 bits per heavy atom. The number of hydrogen-bond acceptors (Lipinski definition) is 3. The molecular weight excluding hydrogens is 349 g/mol. The van der Waals surface area contributed by atoms with Gasteiger partial charge in [0.2, 0.25) is 0 Å². The predicted octanol–water partition coefficient (Wildman–Crippen LogP) is 6.00. The smallest absolute Gasteiger partial charge is 0.421 e. The summed E-state index contributed by atoms with van der Waals surface area (Å²) in [5.74, 6) is -0.0268. The Labute approximate surface area is 146 Å². The summed E-state index contributed by atoms with van der Waals surface area (Å²) < 4.78 is 44.9. The van der Waals surface area contributed by atoms with Crippen LogP contribution in [0.2, 0.25) is 0 Å². The molecule has 0 N–H and O–H groups in total. The van der Waals surface area contributed by atoms with Crippen molar-refractivity contribution in [3.05, 3.63) is 63.5 Å². The highest BCUT2D eigenvalue weighted by molar-refractivity contribution is 8.00. The van der Waals surface area contributed by atoms with E-state index in [0.29, 0.717) is 5.56 Å². The van der Waals surface area contributed by atoms with Crippen LogP contribution in [0.4, 0.5) is 13.2 Å². The Bertz CT molecular complexity index is 996. The van der Waals surface area contributed by atoms with Crippen LogP contribution in [0.5, 0.6) is 0 Å². The van der Waals surface area contributed by atoms with Crippen molar-refractivity contribution in [1.29, 1.82) is 0 Å². The second-order valence-corrected chi connectivity index (χ2v) is 6.99. The van der Waals surface area contributed by atoms with Gasteiger partial charge in [-0.25, -0.2) is 4.79 Å². The van der Waals surface area contributed by atoms with E-state index < -0.39 is 11.1 Å². The monoisotopic (exact) mass is 364 g/mol. The lowest BCUT2D eigenvalue weighted by molar-refractivity contribution is -0.0328. The molecule has 0 fully saturated rings. The predicted molar refractivity (Wildman–Crippen MR) is 94.0 cm³/mol. The Morgan fingerprint density at radius 1 is 0.960 bits per heavy atom. The van der Waals surface area contributed by atoms with E-state index in [2.05, 4.69) is 0 Å². The molecule has 0 aliphatic heterocycles. The van der Waals surface area contributed by atoms with Gasteiger partial charge in [0.05, 0.1) is 10.3 Å². The van der Waals surface area contributed by atoms with Gasteiger partial charge in [0.25, 0.3) is 0 Å². The standard InChI is InChI=1S/C19H15F3O2S/c1-10-8-11(2)15(12(3)9-10)16-17(25-19(20,21)22)13-6-4-5-7-14(13)18(23)24-16/h4-9H,1-3H3. The molecule has 2 aromatic carbocycles. The van der Waals surface area contributed by atoms with Crippen LogP contribution in [0.15, 0.2) is 50.5 Å². The van der Waals surface area contributed by atoms with Crippen molar-refractivity contribution < 1.29 is 17.6 Å². The average Bonchev–Trinajstić information content (AvgIpc) is 2.49. The maximum Gasteiger partial charge on any atom is 0.446 e. The average molecular weight is 364 g/mol. The first-order chi connectivity index (χ1) is 11.7. The van der Waals surface area contributed by atoms with E-state index >= 15 is 0 Å². The molecule has 2 nitrogen and oxygen atoms in total. The molecule has 0 unspecified atom stereocenters. The van der Waals surface area contributed by atoms with Crippen LogP contribution in [-0.4, -0.2) is 5.51 Å². The summed E-state index contributed by atoms with van der Waals surface area (Å²) >= 11 is -0.251. The number of hydrogen-bond donors (Lipinski definition) is 0. The molecule has 6 heteroatoms. The van der Waals surface area contributed by atoms with Crippen LogP contribution < -0.4 is 5.63 Å². The molecule has 0 aliphatic rings. The normalized spacial score (nSPS) is 11.9. The van der Waals surface area contributed by atoms with E-state index in [0.717, 1.165) is 16.7 Å². The first kappa shape index (κ1) is 17.6. The number of halogens is 3. The molecule has 1 heterocycles. The summed E-state index contributed by atoms with van der Waals surface area (Å²) in [5, 5.41) is 0.385. The number of benzene rings is 2. The first-order valence-corrected chi connectivity index (χ1v) is 8.39. The van der Waals surface area contributed by atoms with Gasteiger partial charge in [-0.05, 0) is 49.7 Å². The van der Waals surface area contributed by atoms with Crippen molar-refractivity contribution >= 4 is 22.5 Å². The lowest BCUT2D eigenvalue weighted by Crippen LogP contribution is -2.07. The maximum atomic E-state index is 13.2. The van der Waals surface area contributed by atoms with Gasteiger partial charge in [-0.3, -0.25) is 0 Å². The van der Waals surface area contributed by atoms with Crippen molar-refractivity contribution in [2.75, 3.05) is 0 Å². The van der Waals surface area contributed by atoms with Crippen molar-refractivity contribution in [2.24, 2.45) is 0 Å². The van der Waals surface area contributed by atoms with Gasteiger partial charge in [-0.15, -0.1) is 0 Å². The van der Waals surface area contributed by atoms with Crippen molar-refractivity contribution in [3.8, 4) is 11.3 Å². The van der Waals surface area contributed by atoms with Crippen LogP contribution in [0.1, 0.15) is 16.7 Å². The highest BCUT2D eigenvalue weighted by atomic mass is 32.2. The first-order valence-electron chi connectivity index (χ1n) is 7.57. The van der Waals surface area contributed by atoms with Crippen LogP contribution >= 0.6 is 11.8 Å². The molecule has 3 rings (SSSR count). The summed E-state index contributed by atoms with van der Waals surface area (Å²) in [6.45, 7) is 5.50. The Morgan fingerprint density at radius 3 is 2.08 bits per heavy atom. The number of aryl methyl sites for hydroxylation is 3. The van der Waals surface area contributed by atoms with Gasteiger partial charge >= 0.3 is 11.1 Å². The molecule has 1 aromatic heterocycles. The highest BCUT2D eigenvalue weighted by Crippen LogP contribution is 2.45. The molecule has 130 valence electrons. The highest BCUT2D eigenvalue weighted by Gasteiger charge is 2.33. The van der Waals surface area contributed by atoms with Gasteiger partial charge in [0.1, 0.15) is 0 Å². The number of rotatable bonds is 2. The third-order valence-electron chi connectivity index (χ3n) is 3.91. The molecule has 0 atom stereocenters. The third-order valence-corrected chi connectivity index (χ3v) is 4.76. The van der Waals surface area contributed by atoms with Gasteiger partial charge in [0.15, 0.2) is 5.76 Å². The summed E-state index contributed by atoms with van der Waals surface area (Å²) in [7, 11) is 0. The SMILES string of the molecule is Cc1cc(C)c(-c2oc(=O)c3ccccc3c2SC(F)(F)F)c(C)c1. The fourth-order valence-electron chi connectivity index (χ4n) is 3.10. The molecule has 25 heavy (non-hydrogen) atoms. The van der Waals surface area contributed by atoms with Crippen LogP contribution in [-0.2, 0) is 0 Å². The van der Waals surface area contributed by atoms with E-state index in [-0.39, 0.29) is 33.2 Å². The van der Waals surface area contributed by atoms with Gasteiger partial charge < -0.3 is 4.42 Å². The zero-order valence-electron chi connectivity index (χ0n) is 13.8. The maximum absolute atomic E-state index is 13.2. The Balaban J connectivity index is 2.43. The summed E-state index contributed by atoms with van der Waals surface area (Å²) in [4.78, 5) is 12.2. The molecule has 0 bridgehead atoms. The molecule has 3 aromatic rings. The van der Waals surface area contributed by atoms with Crippen LogP contribution in [0.25, 0.3) is 22.1 Å². The Kier molecular flexibility index (Phi) is 4.41. The Hall–Kier alpha value is -2.21. The van der Waals surface area contributed by atoms with Gasteiger partial charge in [-0.1, -0.05) is 35.9 Å². The quantitative estimate of drug-likeness (QED) is 0.523. The molecule has 0 saturated carbocycles. The van der Waals surface area contributed by atoms with Gasteiger partial charge in [0, 0.05) is 10.9 Å². The molecule has 0 radical (unpaired) electrons. The summed E-state index contributed by atoms with van der Waals surface area (Å²) in [6.07, 6.45) is 0. The lowest BCUT2D eigenvalue weighted by atomic mass is 9.97. The number of fused-ring (bicyclic) bond motifs is 1. The minimum Gasteiger partial charge on any atom is -0.421 e. The van der Waals surface area contributed by atoms with Crippen molar-refractivity contribution in [2.45, 2.75) is 31.2 Å². The molecule has 0 aliphatic carbocycles. The topological polar surface area (TPSA) is 30.2 Å². The second kappa shape index (κ2) is 6.26. The zero-order valence-corrected chi connectivity index (χ0v) is 14.6. The summed E-state index contributed by atoms with van der Waals surface area (Å²) in [6, 6.07) is 9.92. The molecule has 0 saturated heterocycles. The van der Waals surface area contributed by atoms with E-state index in [4.69, 9.17) is 4.42 Å². The summed E-state index contributed by atoms with van der Waals surface area (Å²) in [5.41, 5.74) is -2.09. The largest absolute Gasteiger partial charge is 0.446 e. The zero-order chi connectivity index (χ0) is 18.4. The minimum absolute atomic E-state index is 0.0268. The van der Waals surface area contributed by atoms with E-state index in [1.807, 2.05) is 19.1 Å². The minimum atomic E-state index is -4.50. The molecular formula is C19H15F3O2S. The van der Waals surface area contributed by atoms with Crippen molar-refractivity contribution in [3.63, 3.8) is 0 Å². The number of thioether (sulfide) groups is 1. The van der Waals surface area contributed by atoms with Crippen LogP contribution in [0, 0.1) is 20.8 Å². The van der Waals surface area contributed by atoms with E-state index in [9.17, 15) is 18.0 Å². The molecule has 0 spiro atoms. The third kappa shape index (κ3) is 3.44.